The lowest BCUT2D eigenvalue weighted by Crippen LogP contribution is -2.50. The van der Waals surface area contributed by atoms with Crippen molar-refractivity contribution in [2.75, 3.05) is 37.7 Å². The molecule has 4 rings (SSSR count). The Bertz CT molecular complexity index is 1360. The molecule has 1 saturated heterocycles. The van der Waals surface area contributed by atoms with Gasteiger partial charge in [-0.05, 0) is 55.3 Å². The van der Waals surface area contributed by atoms with Crippen molar-refractivity contribution in [3.63, 3.8) is 0 Å². The van der Waals surface area contributed by atoms with Crippen LogP contribution in [0.25, 0.3) is 0 Å². The van der Waals surface area contributed by atoms with E-state index in [4.69, 9.17) is 27.9 Å². The average molecular weight is 563 g/mol. The third kappa shape index (κ3) is 6.76. The van der Waals surface area contributed by atoms with E-state index in [1.165, 1.54) is 18.2 Å². The molecule has 7 nitrogen and oxygen atoms in total. The molecule has 0 spiro atoms. The summed E-state index contributed by atoms with van der Waals surface area (Å²) in [5, 5.41) is 0.800. The number of ether oxygens (including phenoxy) is 1. The molecule has 1 N–H and O–H groups in total. The standard InChI is InChI=1S/C27H29Cl2N3O4S/c1-19-8-9-22(28)16-25(19)31-12-14-32(15-13-31)27(33)18-36-26-11-10-23(17-24(26)29)37(34,35)30-20(2)21-6-4-3-5-7-21/h3-11,16-17,20,30H,12-15,18H2,1-2H3/t20-/m1/s1. The predicted octanol–water partition coefficient (Wildman–Crippen LogP) is 5.07. The Labute approximate surface area is 228 Å². The first-order valence-electron chi connectivity index (χ1n) is 11.9. The zero-order valence-corrected chi connectivity index (χ0v) is 23.0. The molecule has 0 unspecified atom stereocenters. The van der Waals surface area contributed by atoms with Crippen LogP contribution in [0.3, 0.4) is 0 Å². The van der Waals surface area contributed by atoms with E-state index < -0.39 is 16.1 Å². The van der Waals surface area contributed by atoms with Gasteiger partial charge in [-0.2, -0.15) is 0 Å². The molecule has 1 heterocycles. The summed E-state index contributed by atoms with van der Waals surface area (Å²) in [6.45, 7) is 6.12. The maximum Gasteiger partial charge on any atom is 0.260 e. The van der Waals surface area contributed by atoms with Gasteiger partial charge in [-0.1, -0.05) is 59.6 Å². The van der Waals surface area contributed by atoms with Crippen molar-refractivity contribution in [2.24, 2.45) is 0 Å². The molecule has 10 heteroatoms. The summed E-state index contributed by atoms with van der Waals surface area (Å²) in [4.78, 5) is 16.7. The normalized spacial score (nSPS) is 14.9. The lowest BCUT2D eigenvalue weighted by molar-refractivity contribution is -0.133. The lowest BCUT2D eigenvalue weighted by atomic mass is 10.1. The molecule has 3 aromatic carbocycles. The number of carbonyl (C=O) groups excluding carboxylic acids is 1. The molecule has 1 aliphatic heterocycles. The zero-order chi connectivity index (χ0) is 26.6. The van der Waals surface area contributed by atoms with E-state index in [0.29, 0.717) is 31.2 Å². The largest absolute Gasteiger partial charge is 0.482 e. The topological polar surface area (TPSA) is 79.0 Å². The minimum Gasteiger partial charge on any atom is -0.482 e. The second kappa shape index (κ2) is 11.7. The van der Waals surface area contributed by atoms with Crippen molar-refractivity contribution < 1.29 is 17.9 Å². The van der Waals surface area contributed by atoms with Crippen molar-refractivity contribution in [1.29, 1.82) is 0 Å². The highest BCUT2D eigenvalue weighted by molar-refractivity contribution is 7.89. The summed E-state index contributed by atoms with van der Waals surface area (Å²) in [5.41, 5.74) is 3.06. The zero-order valence-electron chi connectivity index (χ0n) is 20.7. The number of piperazine rings is 1. The van der Waals surface area contributed by atoms with Gasteiger partial charge in [-0.15, -0.1) is 0 Å². The Morgan fingerprint density at radius 2 is 1.70 bits per heavy atom. The van der Waals surface area contributed by atoms with E-state index in [1.807, 2.05) is 55.5 Å². The monoisotopic (exact) mass is 561 g/mol. The van der Waals surface area contributed by atoms with Gasteiger partial charge in [-0.3, -0.25) is 4.79 Å². The lowest BCUT2D eigenvalue weighted by Gasteiger charge is -2.36. The molecular weight excluding hydrogens is 533 g/mol. The van der Waals surface area contributed by atoms with E-state index in [0.717, 1.165) is 16.8 Å². The molecule has 1 fully saturated rings. The number of rotatable bonds is 8. The maximum atomic E-state index is 12.8. The van der Waals surface area contributed by atoms with Crippen molar-refractivity contribution >= 4 is 44.8 Å². The number of hydrogen-bond donors (Lipinski definition) is 1. The molecule has 3 aromatic rings. The van der Waals surface area contributed by atoms with Crippen LogP contribution in [-0.4, -0.2) is 52.0 Å². The molecule has 1 atom stereocenters. The van der Waals surface area contributed by atoms with Crippen LogP contribution in [0.15, 0.2) is 71.6 Å². The van der Waals surface area contributed by atoms with Crippen LogP contribution in [-0.2, 0) is 14.8 Å². The number of amides is 1. The number of anilines is 1. The van der Waals surface area contributed by atoms with Crippen LogP contribution in [0.4, 0.5) is 5.69 Å². The van der Waals surface area contributed by atoms with Crippen LogP contribution in [0.5, 0.6) is 5.75 Å². The molecule has 0 aromatic heterocycles. The molecule has 0 saturated carbocycles. The quantitative estimate of drug-likeness (QED) is 0.415. The number of aryl methyl sites for hydroxylation is 1. The molecule has 0 radical (unpaired) electrons. The van der Waals surface area contributed by atoms with Crippen molar-refractivity contribution in [1.82, 2.24) is 9.62 Å². The summed E-state index contributed by atoms with van der Waals surface area (Å²) >= 11 is 12.5. The fraction of sp³-hybridized carbons (Fsp3) is 0.296. The Morgan fingerprint density at radius 1 is 1.00 bits per heavy atom. The number of nitrogens with one attached hydrogen (secondary N) is 1. The number of hydrogen-bond acceptors (Lipinski definition) is 5. The molecular formula is C27H29Cl2N3O4S. The van der Waals surface area contributed by atoms with Crippen LogP contribution >= 0.6 is 23.2 Å². The Balaban J connectivity index is 1.32. The number of nitrogens with zero attached hydrogens (tertiary/aromatic N) is 2. The number of halogens is 2. The fourth-order valence-electron chi connectivity index (χ4n) is 4.23. The summed E-state index contributed by atoms with van der Waals surface area (Å²) in [7, 11) is -3.81. The van der Waals surface area contributed by atoms with Gasteiger partial charge in [0.15, 0.2) is 6.61 Å². The average Bonchev–Trinajstić information content (AvgIpc) is 2.89. The van der Waals surface area contributed by atoms with Gasteiger partial charge in [0.1, 0.15) is 5.75 Å². The van der Waals surface area contributed by atoms with Crippen LogP contribution in [0.2, 0.25) is 10.0 Å². The van der Waals surface area contributed by atoms with Crippen LogP contribution < -0.4 is 14.4 Å². The minimum absolute atomic E-state index is 0.0198. The predicted molar refractivity (Wildman–Crippen MR) is 147 cm³/mol. The fourth-order valence-corrected chi connectivity index (χ4v) is 5.95. The van der Waals surface area contributed by atoms with Crippen LogP contribution in [0.1, 0.15) is 24.1 Å². The number of carbonyl (C=O) groups is 1. The third-order valence-electron chi connectivity index (χ3n) is 6.34. The molecule has 1 amide bonds. The van der Waals surface area contributed by atoms with Gasteiger partial charge in [0.25, 0.3) is 5.91 Å². The van der Waals surface area contributed by atoms with Gasteiger partial charge in [0.05, 0.1) is 9.92 Å². The smallest absolute Gasteiger partial charge is 0.260 e. The summed E-state index contributed by atoms with van der Waals surface area (Å²) in [5.74, 6) is 0.0897. The van der Waals surface area contributed by atoms with Gasteiger partial charge in [0.2, 0.25) is 10.0 Å². The highest BCUT2D eigenvalue weighted by atomic mass is 35.5. The summed E-state index contributed by atoms with van der Waals surface area (Å²) in [6, 6.07) is 18.9. The van der Waals surface area contributed by atoms with Crippen molar-refractivity contribution in [2.45, 2.75) is 24.8 Å². The summed E-state index contributed by atoms with van der Waals surface area (Å²) < 4.78 is 34.0. The summed E-state index contributed by atoms with van der Waals surface area (Å²) in [6.07, 6.45) is 0. The van der Waals surface area contributed by atoms with Crippen LogP contribution in [0, 0.1) is 6.92 Å². The SMILES string of the molecule is Cc1ccc(Cl)cc1N1CCN(C(=O)COc2ccc(S(=O)(=O)N[C@H](C)c3ccccc3)cc2Cl)CC1. The molecule has 37 heavy (non-hydrogen) atoms. The van der Waals surface area contributed by atoms with E-state index in [-0.39, 0.29) is 28.2 Å². The maximum absolute atomic E-state index is 12.8. The molecule has 196 valence electrons. The van der Waals surface area contributed by atoms with Gasteiger partial charge < -0.3 is 14.5 Å². The minimum atomic E-state index is -3.81. The molecule has 0 bridgehead atoms. The van der Waals surface area contributed by atoms with Crippen molar-refractivity contribution in [3.05, 3.63) is 87.9 Å². The highest BCUT2D eigenvalue weighted by Crippen LogP contribution is 2.29. The Morgan fingerprint density at radius 3 is 2.38 bits per heavy atom. The number of benzene rings is 3. The first-order chi connectivity index (χ1) is 17.6. The van der Waals surface area contributed by atoms with Gasteiger partial charge in [-0.25, -0.2) is 13.1 Å². The van der Waals surface area contributed by atoms with Gasteiger partial charge >= 0.3 is 0 Å². The Kier molecular flexibility index (Phi) is 8.64. The second-order valence-corrected chi connectivity index (χ2v) is 11.5. The molecule has 0 aliphatic carbocycles. The number of sulfonamides is 1. The first kappa shape index (κ1) is 27.3. The Hall–Kier alpha value is -2.78. The van der Waals surface area contributed by atoms with E-state index in [9.17, 15) is 13.2 Å². The van der Waals surface area contributed by atoms with Crippen molar-refractivity contribution in [3.8, 4) is 5.75 Å². The first-order valence-corrected chi connectivity index (χ1v) is 14.2. The second-order valence-electron chi connectivity index (χ2n) is 8.93. The van der Waals surface area contributed by atoms with E-state index >= 15 is 0 Å². The molecule has 1 aliphatic rings. The van der Waals surface area contributed by atoms with E-state index in [2.05, 4.69) is 9.62 Å². The van der Waals surface area contributed by atoms with E-state index in [1.54, 1.807) is 11.8 Å². The highest BCUT2D eigenvalue weighted by Gasteiger charge is 2.24. The van der Waals surface area contributed by atoms with Gasteiger partial charge in [0, 0.05) is 42.9 Å². The third-order valence-corrected chi connectivity index (χ3v) is 8.41.